The predicted molar refractivity (Wildman–Crippen MR) is 54.8 cm³/mol. The van der Waals surface area contributed by atoms with Crippen molar-refractivity contribution in [1.29, 1.82) is 0 Å². The van der Waals surface area contributed by atoms with Crippen molar-refractivity contribution in [3.8, 4) is 5.75 Å². The molecule has 1 aliphatic heterocycles. The van der Waals surface area contributed by atoms with Gasteiger partial charge in [0, 0.05) is 30.7 Å². The number of fused-ring (bicyclic) bond motifs is 1. The lowest BCUT2D eigenvalue weighted by Gasteiger charge is -2.08. The van der Waals surface area contributed by atoms with Crippen molar-refractivity contribution in [1.82, 2.24) is 5.31 Å². The van der Waals surface area contributed by atoms with Crippen LogP contribution in [0, 0.1) is 0 Å². The smallest absolute Gasteiger partial charge is 0.252 e. The largest absolute Gasteiger partial charge is 0.493 e. The Hall–Kier alpha value is -1.55. The number of ether oxygens (including phenoxy) is 1. The maximum Gasteiger partial charge on any atom is 0.252 e. The van der Waals surface area contributed by atoms with Crippen molar-refractivity contribution in [3.63, 3.8) is 0 Å². The highest BCUT2D eigenvalue weighted by Crippen LogP contribution is 2.26. The van der Waals surface area contributed by atoms with Gasteiger partial charge >= 0.3 is 0 Å². The fourth-order valence-electron chi connectivity index (χ4n) is 1.55. The van der Waals surface area contributed by atoms with E-state index in [1.54, 1.807) is 18.2 Å². The van der Waals surface area contributed by atoms with Crippen LogP contribution >= 0.6 is 0 Å². The Kier molecular flexibility index (Phi) is 2.51. The van der Waals surface area contributed by atoms with Gasteiger partial charge in [-0.15, -0.1) is 0 Å². The van der Waals surface area contributed by atoms with Gasteiger partial charge in [0.1, 0.15) is 5.75 Å². The molecular weight excluding hydrogens is 194 g/mol. The van der Waals surface area contributed by atoms with Crippen LogP contribution in [-0.4, -0.2) is 24.2 Å². The van der Waals surface area contributed by atoms with Crippen molar-refractivity contribution >= 4 is 5.91 Å². The molecule has 1 aromatic rings. The van der Waals surface area contributed by atoms with Crippen molar-refractivity contribution in [2.24, 2.45) is 0 Å². The van der Waals surface area contributed by atoms with Crippen LogP contribution in [0.1, 0.15) is 22.3 Å². The first-order valence-electron chi connectivity index (χ1n) is 5.35. The van der Waals surface area contributed by atoms with Crippen LogP contribution in [0.15, 0.2) is 18.2 Å². The average molecular weight is 208 g/mol. The van der Waals surface area contributed by atoms with E-state index in [0.717, 1.165) is 10.9 Å². The third kappa shape index (κ3) is 1.94. The van der Waals surface area contributed by atoms with Gasteiger partial charge in [-0.3, -0.25) is 4.79 Å². The fourth-order valence-corrected chi connectivity index (χ4v) is 1.55. The van der Waals surface area contributed by atoms with Crippen LogP contribution in [0.4, 0.5) is 0 Å². The molecule has 0 spiro atoms. The zero-order valence-electron chi connectivity index (χ0n) is 9.27. The molecular formula is C11H13NO3. The van der Waals surface area contributed by atoms with Gasteiger partial charge in [0.15, 0.2) is 1.41 Å². The summed E-state index contributed by atoms with van der Waals surface area (Å²) in [5.74, 6) is 0.344. The topological polar surface area (TPSA) is 58.6 Å². The number of hydrogen-bond acceptors (Lipinski definition) is 3. The fraction of sp³-hybridized carbons (Fsp3) is 0.364. The van der Waals surface area contributed by atoms with Gasteiger partial charge in [-0.05, 0) is 12.1 Å². The maximum atomic E-state index is 11.5. The molecule has 2 rings (SSSR count). The highest BCUT2D eigenvalue weighted by atomic mass is 16.5. The third-order valence-corrected chi connectivity index (χ3v) is 2.30. The quantitative estimate of drug-likeness (QED) is 0.716. The van der Waals surface area contributed by atoms with E-state index in [1.807, 2.05) is 0 Å². The first kappa shape index (κ1) is 8.73. The number of aliphatic hydroxyl groups is 1. The molecule has 2 N–H and O–H groups in total. The predicted octanol–water partition coefficient (Wildman–Crippen LogP) is 0.691. The monoisotopic (exact) mass is 208 g/mol. The van der Waals surface area contributed by atoms with E-state index in [-0.39, 0.29) is 19.1 Å². The lowest BCUT2D eigenvalue weighted by molar-refractivity contribution is 0.0965. The molecule has 4 heteroatoms. The molecule has 0 atom stereocenters. The van der Waals surface area contributed by atoms with E-state index < -0.39 is 0 Å². The molecule has 1 heterocycles. The van der Waals surface area contributed by atoms with E-state index in [2.05, 4.69) is 0 Å². The number of amides is 1. The second-order valence-electron chi connectivity index (χ2n) is 3.33. The Labute approximate surface area is 89.3 Å². The average Bonchev–Trinajstić information content (AvgIpc) is 2.57. The molecule has 0 radical (unpaired) electrons. The molecule has 15 heavy (non-hydrogen) atoms. The Balaban J connectivity index is 2.19. The lowest BCUT2D eigenvalue weighted by Crippen LogP contribution is -2.12. The van der Waals surface area contributed by atoms with Crippen LogP contribution in [-0.2, 0) is 6.54 Å². The molecule has 4 nitrogen and oxygen atoms in total. The number of carbonyl (C=O) groups excluding carboxylic acids is 1. The van der Waals surface area contributed by atoms with Gasteiger partial charge < -0.3 is 15.2 Å². The Bertz CT molecular complexity index is 408. The van der Waals surface area contributed by atoms with Crippen LogP contribution in [0.25, 0.3) is 0 Å². The maximum absolute atomic E-state index is 11.5. The highest BCUT2D eigenvalue weighted by Gasteiger charge is 2.21. The number of rotatable bonds is 4. The summed E-state index contributed by atoms with van der Waals surface area (Å²) in [7, 11) is 0. The first-order valence-corrected chi connectivity index (χ1v) is 4.90. The summed E-state index contributed by atoms with van der Waals surface area (Å²) in [6, 6.07) is 5.22. The molecule has 0 fully saturated rings. The van der Waals surface area contributed by atoms with E-state index >= 15 is 0 Å². The molecule has 0 bridgehead atoms. The van der Waals surface area contributed by atoms with Gasteiger partial charge in [-0.25, -0.2) is 0 Å². The van der Waals surface area contributed by atoms with Gasteiger partial charge in [-0.1, -0.05) is 6.07 Å². The minimum absolute atomic E-state index is 0.0819. The molecule has 0 saturated carbocycles. The zero-order valence-corrected chi connectivity index (χ0v) is 8.27. The molecule has 1 aliphatic rings. The summed E-state index contributed by atoms with van der Waals surface area (Å²) >= 11 is 0. The second-order valence-corrected chi connectivity index (χ2v) is 3.33. The molecule has 1 aromatic carbocycles. The molecule has 0 aromatic heterocycles. The highest BCUT2D eigenvalue weighted by molar-refractivity contribution is 5.99. The number of hydrogen-bond donors (Lipinski definition) is 2. The van der Waals surface area contributed by atoms with Crippen molar-refractivity contribution in [3.05, 3.63) is 29.3 Å². The Morgan fingerprint density at radius 2 is 2.47 bits per heavy atom. The van der Waals surface area contributed by atoms with Crippen LogP contribution in [0.5, 0.6) is 5.75 Å². The second kappa shape index (κ2) is 4.31. The first-order chi connectivity index (χ1) is 7.74. The molecule has 0 aliphatic carbocycles. The Morgan fingerprint density at radius 1 is 1.60 bits per heavy atom. The Morgan fingerprint density at radius 3 is 3.27 bits per heavy atom. The summed E-state index contributed by atoms with van der Waals surface area (Å²) in [5, 5.41) is 9.57. The SMILES string of the molecule is [2H]N1Cc2c(OCCCO)cccc2C1=O. The molecule has 1 amide bonds. The minimum atomic E-state index is -0.289. The molecule has 0 saturated heterocycles. The number of benzene rings is 1. The van der Waals surface area contributed by atoms with Gasteiger partial charge in [0.05, 0.1) is 6.61 Å². The normalized spacial score (nSPS) is 15.1. The lowest BCUT2D eigenvalue weighted by atomic mass is 10.1. The van der Waals surface area contributed by atoms with Crippen LogP contribution in [0.3, 0.4) is 0 Å². The number of nitrogens with one attached hydrogen (secondary N) is 1. The van der Waals surface area contributed by atoms with E-state index in [4.69, 9.17) is 11.3 Å². The van der Waals surface area contributed by atoms with Crippen LogP contribution < -0.4 is 10.0 Å². The molecule has 80 valence electrons. The standard InChI is InChI=1S/C11H13NO3/c13-5-2-6-15-10-4-1-3-8-9(10)7-12-11(8)14/h1,3-4,13H,2,5-7H2,(H,12,14)/i/hD. The van der Waals surface area contributed by atoms with Crippen LogP contribution in [0.2, 0.25) is 1.41 Å². The van der Waals surface area contributed by atoms with Gasteiger partial charge in [0.2, 0.25) is 0 Å². The minimum Gasteiger partial charge on any atom is -0.493 e. The zero-order chi connectivity index (χ0) is 11.5. The summed E-state index contributed by atoms with van der Waals surface area (Å²) in [5.41, 5.74) is 1.30. The third-order valence-electron chi connectivity index (χ3n) is 2.30. The van der Waals surface area contributed by atoms with Crippen molar-refractivity contribution < 1.29 is 16.0 Å². The number of carbonyl (C=O) groups is 1. The summed E-state index contributed by atoms with van der Waals surface area (Å²) < 4.78 is 12.9. The van der Waals surface area contributed by atoms with Crippen molar-refractivity contribution in [2.75, 3.05) is 13.2 Å². The molecule has 0 unspecified atom stereocenters. The van der Waals surface area contributed by atoms with Gasteiger partial charge in [-0.2, -0.15) is 0 Å². The van der Waals surface area contributed by atoms with Gasteiger partial charge in [0.25, 0.3) is 5.91 Å². The number of aliphatic hydroxyl groups excluding tert-OH is 1. The van der Waals surface area contributed by atoms with E-state index in [9.17, 15) is 4.79 Å². The van der Waals surface area contributed by atoms with E-state index in [0.29, 0.717) is 24.3 Å². The summed E-state index contributed by atoms with van der Waals surface area (Å²) in [4.78, 5) is 11.5. The summed E-state index contributed by atoms with van der Waals surface area (Å²) in [6.07, 6.45) is 0.558. The van der Waals surface area contributed by atoms with E-state index in [1.165, 1.54) is 0 Å². The van der Waals surface area contributed by atoms with Crippen molar-refractivity contribution in [2.45, 2.75) is 13.0 Å². The summed E-state index contributed by atoms with van der Waals surface area (Å²) in [6.45, 7) is 0.765.